The van der Waals surface area contributed by atoms with Gasteiger partial charge in [0, 0.05) is 28.2 Å². The third-order valence-corrected chi connectivity index (χ3v) is 5.86. The van der Waals surface area contributed by atoms with E-state index in [-0.39, 0.29) is 18.8 Å². The van der Waals surface area contributed by atoms with Crippen LogP contribution in [0.3, 0.4) is 0 Å². The van der Waals surface area contributed by atoms with Crippen LogP contribution in [-0.2, 0) is 6.54 Å². The summed E-state index contributed by atoms with van der Waals surface area (Å²) >= 11 is 7.57. The summed E-state index contributed by atoms with van der Waals surface area (Å²) in [7, 11) is 0. The number of halogens is 1. The van der Waals surface area contributed by atoms with Gasteiger partial charge in [-0.15, -0.1) is 11.3 Å². The molecule has 0 aliphatic carbocycles. The smallest absolute Gasteiger partial charge is 0.291 e. The SMILES string of the molecule is Cc1cncc(-n2c(=O)c3sc(-c4ccccc4Cl)cc3n(CCC#N)c2=O)n1. The van der Waals surface area contributed by atoms with Crippen molar-refractivity contribution in [1.29, 1.82) is 5.26 Å². The van der Waals surface area contributed by atoms with E-state index < -0.39 is 11.2 Å². The van der Waals surface area contributed by atoms with E-state index in [0.29, 0.717) is 20.9 Å². The molecule has 7 nitrogen and oxygen atoms in total. The summed E-state index contributed by atoms with van der Waals surface area (Å²) in [4.78, 5) is 35.5. The van der Waals surface area contributed by atoms with Gasteiger partial charge in [0.2, 0.25) is 0 Å². The highest BCUT2D eigenvalue weighted by molar-refractivity contribution is 7.22. The summed E-state index contributed by atoms with van der Waals surface area (Å²) in [6.45, 7) is 1.89. The molecule has 0 saturated carbocycles. The average molecular weight is 424 g/mol. The summed E-state index contributed by atoms with van der Waals surface area (Å²) in [6.07, 6.45) is 3.05. The van der Waals surface area contributed by atoms with Crippen molar-refractivity contribution in [3.63, 3.8) is 0 Å². The molecular formula is C20H14ClN5O2S. The Kier molecular flexibility index (Phi) is 5.01. The van der Waals surface area contributed by atoms with Crippen LogP contribution >= 0.6 is 22.9 Å². The fraction of sp³-hybridized carbons (Fsp3) is 0.150. The molecule has 144 valence electrons. The average Bonchev–Trinajstić information content (AvgIpc) is 3.14. The van der Waals surface area contributed by atoms with E-state index in [1.165, 1.54) is 22.1 Å². The Hall–Kier alpha value is -3.28. The van der Waals surface area contributed by atoms with Crippen molar-refractivity contribution in [2.45, 2.75) is 19.9 Å². The Bertz CT molecular complexity index is 1400. The standard InChI is InChI=1S/C20H14ClN5O2S/c1-12-10-23-11-17(24-12)26-19(27)18-15(25(20(26)28)8-4-7-22)9-16(29-18)13-5-2-3-6-14(13)21/h2-3,5-6,9-11H,4,8H2,1H3. The monoisotopic (exact) mass is 423 g/mol. The van der Waals surface area contributed by atoms with Crippen molar-refractivity contribution in [2.75, 3.05) is 0 Å². The second-order valence-corrected chi connectivity index (χ2v) is 7.77. The second-order valence-electron chi connectivity index (χ2n) is 6.31. The molecule has 29 heavy (non-hydrogen) atoms. The molecule has 0 amide bonds. The zero-order valence-corrected chi connectivity index (χ0v) is 16.9. The van der Waals surface area contributed by atoms with Crippen molar-refractivity contribution < 1.29 is 0 Å². The highest BCUT2D eigenvalue weighted by Gasteiger charge is 2.19. The molecule has 0 saturated heterocycles. The summed E-state index contributed by atoms with van der Waals surface area (Å²) in [6, 6.07) is 11.1. The first-order valence-electron chi connectivity index (χ1n) is 8.71. The van der Waals surface area contributed by atoms with Gasteiger partial charge in [0.05, 0.1) is 29.9 Å². The van der Waals surface area contributed by atoms with Gasteiger partial charge in [-0.1, -0.05) is 29.8 Å². The summed E-state index contributed by atoms with van der Waals surface area (Å²) in [5.74, 6) is 0.153. The van der Waals surface area contributed by atoms with Crippen molar-refractivity contribution in [1.82, 2.24) is 19.1 Å². The lowest BCUT2D eigenvalue weighted by atomic mass is 10.2. The van der Waals surface area contributed by atoms with E-state index in [4.69, 9.17) is 16.9 Å². The molecule has 0 bridgehead atoms. The molecule has 9 heteroatoms. The molecule has 1 aromatic carbocycles. The van der Waals surface area contributed by atoms with Gasteiger partial charge in [-0.3, -0.25) is 14.3 Å². The molecule has 0 unspecified atom stereocenters. The van der Waals surface area contributed by atoms with Crippen LogP contribution in [-0.4, -0.2) is 19.1 Å². The first kappa shape index (κ1) is 19.1. The number of hydrogen-bond donors (Lipinski definition) is 0. The maximum absolute atomic E-state index is 13.2. The maximum atomic E-state index is 13.2. The maximum Gasteiger partial charge on any atom is 0.337 e. The minimum absolute atomic E-state index is 0.129. The fourth-order valence-electron chi connectivity index (χ4n) is 3.08. The molecular weight excluding hydrogens is 410 g/mol. The van der Waals surface area contributed by atoms with Gasteiger partial charge in [0.25, 0.3) is 5.56 Å². The number of aromatic nitrogens is 4. The summed E-state index contributed by atoms with van der Waals surface area (Å²) < 4.78 is 2.83. The minimum Gasteiger partial charge on any atom is -0.291 e. The van der Waals surface area contributed by atoms with Gasteiger partial charge < -0.3 is 0 Å². The zero-order chi connectivity index (χ0) is 20.5. The lowest BCUT2D eigenvalue weighted by Crippen LogP contribution is -2.39. The van der Waals surface area contributed by atoms with Crippen LogP contribution in [0.2, 0.25) is 5.02 Å². The van der Waals surface area contributed by atoms with Crippen LogP contribution in [0.4, 0.5) is 0 Å². The Balaban J connectivity index is 2.06. The van der Waals surface area contributed by atoms with Crippen LogP contribution < -0.4 is 11.2 Å². The lowest BCUT2D eigenvalue weighted by molar-refractivity contribution is 0.657. The molecule has 0 fully saturated rings. The predicted octanol–water partition coefficient (Wildman–Crippen LogP) is 3.55. The molecule has 4 rings (SSSR count). The highest BCUT2D eigenvalue weighted by Crippen LogP contribution is 2.35. The van der Waals surface area contributed by atoms with Crippen LogP contribution in [0, 0.1) is 18.3 Å². The number of benzene rings is 1. The number of hydrogen-bond acceptors (Lipinski definition) is 6. The normalized spacial score (nSPS) is 10.9. The summed E-state index contributed by atoms with van der Waals surface area (Å²) in [5.41, 5.74) is 0.811. The van der Waals surface area contributed by atoms with E-state index in [0.717, 1.165) is 15.0 Å². The van der Waals surface area contributed by atoms with Crippen molar-refractivity contribution >= 4 is 33.2 Å². The zero-order valence-electron chi connectivity index (χ0n) is 15.3. The molecule has 0 spiro atoms. The van der Waals surface area contributed by atoms with E-state index in [2.05, 4.69) is 9.97 Å². The number of aryl methyl sites for hydroxylation is 2. The van der Waals surface area contributed by atoms with Crippen molar-refractivity contribution in [3.05, 3.63) is 74.3 Å². The van der Waals surface area contributed by atoms with Gasteiger partial charge in [-0.2, -0.15) is 5.26 Å². The van der Waals surface area contributed by atoms with Crippen LogP contribution in [0.25, 0.3) is 26.5 Å². The largest absolute Gasteiger partial charge is 0.337 e. The Labute approximate surface area is 174 Å². The predicted molar refractivity (Wildman–Crippen MR) is 113 cm³/mol. The molecule has 0 aliphatic rings. The third kappa shape index (κ3) is 3.35. The number of fused-ring (bicyclic) bond motifs is 1. The minimum atomic E-state index is -0.554. The molecule has 3 heterocycles. The Morgan fingerprint density at radius 2 is 2.03 bits per heavy atom. The quantitative estimate of drug-likeness (QED) is 0.500. The molecule has 0 N–H and O–H groups in total. The number of nitrogens with zero attached hydrogens (tertiary/aromatic N) is 5. The van der Waals surface area contributed by atoms with Gasteiger partial charge in [0.15, 0.2) is 5.82 Å². The molecule has 4 aromatic rings. The summed E-state index contributed by atoms with van der Waals surface area (Å²) in [5, 5.41) is 9.57. The number of rotatable bonds is 4. The third-order valence-electron chi connectivity index (χ3n) is 4.38. The topological polar surface area (TPSA) is 93.6 Å². The van der Waals surface area contributed by atoms with Crippen LogP contribution in [0.15, 0.2) is 52.3 Å². The van der Waals surface area contributed by atoms with E-state index >= 15 is 0 Å². The van der Waals surface area contributed by atoms with Gasteiger partial charge in [-0.25, -0.2) is 14.3 Å². The fourth-order valence-corrected chi connectivity index (χ4v) is 4.50. The molecule has 0 atom stereocenters. The molecule has 0 aliphatic heterocycles. The van der Waals surface area contributed by atoms with Crippen molar-refractivity contribution in [2.24, 2.45) is 0 Å². The first-order chi connectivity index (χ1) is 14.0. The van der Waals surface area contributed by atoms with E-state index in [9.17, 15) is 9.59 Å². The van der Waals surface area contributed by atoms with Crippen molar-refractivity contribution in [3.8, 4) is 22.3 Å². The Morgan fingerprint density at radius 1 is 1.24 bits per heavy atom. The first-order valence-corrected chi connectivity index (χ1v) is 9.91. The van der Waals surface area contributed by atoms with Gasteiger partial charge >= 0.3 is 5.69 Å². The van der Waals surface area contributed by atoms with Crippen LogP contribution in [0.5, 0.6) is 0 Å². The lowest BCUT2D eigenvalue weighted by Gasteiger charge is -2.10. The van der Waals surface area contributed by atoms with Crippen LogP contribution in [0.1, 0.15) is 12.1 Å². The Morgan fingerprint density at radius 3 is 2.76 bits per heavy atom. The van der Waals surface area contributed by atoms with Gasteiger partial charge in [0.1, 0.15) is 4.70 Å². The molecule has 3 aromatic heterocycles. The number of nitriles is 1. The number of thiophene rings is 1. The highest BCUT2D eigenvalue weighted by atomic mass is 35.5. The molecule has 0 radical (unpaired) electrons. The van der Waals surface area contributed by atoms with E-state index in [1.807, 2.05) is 24.3 Å². The second kappa shape index (κ2) is 7.62. The van der Waals surface area contributed by atoms with Gasteiger partial charge in [-0.05, 0) is 19.1 Å². The van der Waals surface area contributed by atoms with E-state index in [1.54, 1.807) is 25.3 Å².